The molecule has 0 aliphatic carbocycles. The number of methoxy groups -OCH3 is 1. The van der Waals surface area contributed by atoms with Crippen LogP contribution in [-0.4, -0.2) is 36.2 Å². The average Bonchev–Trinajstić information content (AvgIpc) is 2.70. The van der Waals surface area contributed by atoms with Crippen molar-refractivity contribution in [3.8, 4) is 0 Å². The largest absolute Gasteiger partial charge is 0.444 e. The lowest BCUT2D eigenvalue weighted by Crippen LogP contribution is -2.47. The number of rotatable bonds is 4. The normalized spacial score (nSPS) is 16.1. The SMILES string of the molecule is COCc1ccc2c(c1)CCN(C(=O)OC(C)(C)C)[C@@H]2C(=O)Nc1ccc(C(C)(C)C)c(F)c1. The quantitative estimate of drug-likeness (QED) is 0.619. The van der Waals surface area contributed by atoms with E-state index in [1.54, 1.807) is 40.0 Å². The minimum Gasteiger partial charge on any atom is -0.444 e. The maximum atomic E-state index is 14.7. The number of ether oxygens (including phenoxy) is 2. The van der Waals surface area contributed by atoms with Gasteiger partial charge < -0.3 is 14.8 Å². The molecule has 0 radical (unpaired) electrons. The van der Waals surface area contributed by atoms with Crippen LogP contribution >= 0.6 is 0 Å². The zero-order chi connectivity index (χ0) is 25.3. The van der Waals surface area contributed by atoms with E-state index in [1.165, 1.54) is 11.0 Å². The molecule has 0 unspecified atom stereocenters. The first-order valence-electron chi connectivity index (χ1n) is 11.5. The number of benzene rings is 2. The molecule has 6 nitrogen and oxygen atoms in total. The lowest BCUT2D eigenvalue weighted by Gasteiger charge is -2.37. The van der Waals surface area contributed by atoms with E-state index in [0.717, 1.165) is 16.7 Å². The van der Waals surface area contributed by atoms with Gasteiger partial charge in [0.05, 0.1) is 6.61 Å². The number of nitrogens with one attached hydrogen (secondary N) is 1. The van der Waals surface area contributed by atoms with Crippen LogP contribution in [0.3, 0.4) is 0 Å². The fourth-order valence-electron chi connectivity index (χ4n) is 4.15. The molecule has 0 spiro atoms. The molecule has 0 saturated carbocycles. The van der Waals surface area contributed by atoms with Crippen molar-refractivity contribution in [2.24, 2.45) is 0 Å². The molecule has 184 valence electrons. The Morgan fingerprint density at radius 3 is 2.38 bits per heavy atom. The highest BCUT2D eigenvalue weighted by Gasteiger charge is 2.38. The van der Waals surface area contributed by atoms with Gasteiger partial charge >= 0.3 is 6.09 Å². The molecule has 2 aromatic carbocycles. The number of fused-ring (bicyclic) bond motifs is 1. The minimum atomic E-state index is -0.902. The maximum Gasteiger partial charge on any atom is 0.411 e. The highest BCUT2D eigenvalue weighted by Crippen LogP contribution is 2.34. The third-order valence-electron chi connectivity index (χ3n) is 5.67. The van der Waals surface area contributed by atoms with Crippen LogP contribution in [0.15, 0.2) is 36.4 Å². The first kappa shape index (κ1) is 25.7. The second-order valence-electron chi connectivity index (χ2n) is 10.7. The van der Waals surface area contributed by atoms with E-state index in [9.17, 15) is 14.0 Å². The van der Waals surface area contributed by atoms with Crippen molar-refractivity contribution < 1.29 is 23.5 Å². The highest BCUT2D eigenvalue weighted by molar-refractivity contribution is 5.97. The predicted octanol–water partition coefficient (Wildman–Crippen LogP) is 5.74. The Morgan fingerprint density at radius 2 is 1.79 bits per heavy atom. The van der Waals surface area contributed by atoms with Crippen LogP contribution < -0.4 is 5.32 Å². The predicted molar refractivity (Wildman–Crippen MR) is 130 cm³/mol. The van der Waals surface area contributed by atoms with Crippen LogP contribution in [0.1, 0.15) is 69.8 Å². The molecule has 0 fully saturated rings. The number of carbonyl (C=O) groups excluding carboxylic acids is 2. The smallest absolute Gasteiger partial charge is 0.411 e. The van der Waals surface area contributed by atoms with Crippen LogP contribution in [0.2, 0.25) is 0 Å². The second kappa shape index (κ2) is 9.74. The van der Waals surface area contributed by atoms with Crippen molar-refractivity contribution in [2.45, 2.75) is 71.6 Å². The summed E-state index contributed by atoms with van der Waals surface area (Å²) in [5.74, 6) is -0.809. The van der Waals surface area contributed by atoms with Crippen molar-refractivity contribution in [3.05, 3.63) is 64.5 Å². The van der Waals surface area contributed by atoms with E-state index in [4.69, 9.17) is 9.47 Å². The molecule has 3 rings (SSSR count). The molecule has 1 aliphatic heterocycles. The van der Waals surface area contributed by atoms with Gasteiger partial charge in [0.25, 0.3) is 5.91 Å². The number of amides is 2. The Bertz CT molecular complexity index is 1070. The molecular formula is C27H35FN2O4. The lowest BCUT2D eigenvalue weighted by molar-refractivity contribution is -0.121. The number of halogens is 1. The molecule has 1 aliphatic rings. The van der Waals surface area contributed by atoms with E-state index < -0.39 is 23.6 Å². The summed E-state index contributed by atoms with van der Waals surface area (Å²) in [7, 11) is 1.63. The van der Waals surface area contributed by atoms with Gasteiger partial charge in [0, 0.05) is 19.3 Å². The van der Waals surface area contributed by atoms with Gasteiger partial charge in [0.2, 0.25) is 0 Å². The van der Waals surface area contributed by atoms with Gasteiger partial charge in [-0.15, -0.1) is 0 Å². The molecule has 0 aromatic heterocycles. The summed E-state index contributed by atoms with van der Waals surface area (Å²) in [6, 6.07) is 9.53. The van der Waals surface area contributed by atoms with Gasteiger partial charge in [-0.1, -0.05) is 45.0 Å². The first-order chi connectivity index (χ1) is 15.8. The van der Waals surface area contributed by atoms with Gasteiger partial charge in [-0.3, -0.25) is 9.69 Å². The minimum absolute atomic E-state index is 0.327. The number of hydrogen-bond acceptors (Lipinski definition) is 4. The fourth-order valence-corrected chi connectivity index (χ4v) is 4.15. The zero-order valence-electron chi connectivity index (χ0n) is 21.1. The molecule has 2 amide bonds. The molecule has 7 heteroatoms. The van der Waals surface area contributed by atoms with Gasteiger partial charge in [0.1, 0.15) is 17.5 Å². The molecule has 1 heterocycles. The Labute approximate surface area is 201 Å². The van der Waals surface area contributed by atoms with Crippen molar-refractivity contribution in [2.75, 3.05) is 19.0 Å². The Morgan fingerprint density at radius 1 is 1.09 bits per heavy atom. The van der Waals surface area contributed by atoms with Crippen LogP contribution in [-0.2, 0) is 32.7 Å². The van der Waals surface area contributed by atoms with E-state index in [-0.39, 0.29) is 11.2 Å². The third kappa shape index (κ3) is 5.95. The summed E-state index contributed by atoms with van der Waals surface area (Å²) in [5.41, 5.74) is 2.53. The highest BCUT2D eigenvalue weighted by atomic mass is 19.1. The van der Waals surface area contributed by atoms with Crippen molar-refractivity contribution in [1.29, 1.82) is 0 Å². The van der Waals surface area contributed by atoms with Crippen molar-refractivity contribution >= 4 is 17.7 Å². The molecule has 0 bridgehead atoms. The summed E-state index contributed by atoms with van der Waals surface area (Å²) in [6.45, 7) is 11.9. The third-order valence-corrected chi connectivity index (χ3v) is 5.67. The Kier molecular flexibility index (Phi) is 7.36. The van der Waals surface area contributed by atoms with E-state index >= 15 is 0 Å². The summed E-state index contributed by atoms with van der Waals surface area (Å²) < 4.78 is 25.6. The Balaban J connectivity index is 1.95. The summed E-state index contributed by atoms with van der Waals surface area (Å²) in [6.07, 6.45) is 0.0266. The number of hydrogen-bond donors (Lipinski definition) is 1. The zero-order valence-corrected chi connectivity index (χ0v) is 21.1. The van der Waals surface area contributed by atoms with Gasteiger partial charge in [-0.2, -0.15) is 0 Å². The van der Waals surface area contributed by atoms with E-state index in [0.29, 0.717) is 30.8 Å². The molecule has 1 atom stereocenters. The topological polar surface area (TPSA) is 67.9 Å². The van der Waals surface area contributed by atoms with Crippen LogP contribution in [0.5, 0.6) is 0 Å². The van der Waals surface area contributed by atoms with Crippen LogP contribution in [0.4, 0.5) is 14.9 Å². The standard InChI is InChI=1S/C27H35FN2O4/c1-26(2,3)21-11-9-19(15-22(21)28)29-24(31)23-20-10-8-17(16-33-7)14-18(20)12-13-30(23)25(32)34-27(4,5)6/h8-11,14-15,23H,12-13,16H2,1-7H3,(H,29,31)/t23-/m0/s1. The van der Waals surface area contributed by atoms with Crippen molar-refractivity contribution in [3.63, 3.8) is 0 Å². The van der Waals surface area contributed by atoms with E-state index in [1.807, 2.05) is 39.0 Å². The summed E-state index contributed by atoms with van der Waals surface area (Å²) in [5, 5.41) is 2.81. The lowest BCUT2D eigenvalue weighted by atomic mass is 9.86. The van der Waals surface area contributed by atoms with E-state index in [2.05, 4.69) is 5.32 Å². The Hall–Kier alpha value is -2.93. The molecule has 0 saturated heterocycles. The van der Waals surface area contributed by atoms with Crippen molar-refractivity contribution in [1.82, 2.24) is 4.90 Å². The molecule has 34 heavy (non-hydrogen) atoms. The first-order valence-corrected chi connectivity index (χ1v) is 11.5. The van der Waals surface area contributed by atoms with Gasteiger partial charge in [-0.05, 0) is 67.0 Å². The molecule has 2 aromatic rings. The fraction of sp³-hybridized carbons (Fsp3) is 0.481. The monoisotopic (exact) mass is 470 g/mol. The van der Waals surface area contributed by atoms with Gasteiger partial charge in [0.15, 0.2) is 0 Å². The summed E-state index contributed by atoms with van der Waals surface area (Å²) >= 11 is 0. The van der Waals surface area contributed by atoms with Crippen LogP contribution in [0, 0.1) is 5.82 Å². The molecule has 1 N–H and O–H groups in total. The number of anilines is 1. The maximum absolute atomic E-state index is 14.7. The number of carbonyl (C=O) groups is 2. The van der Waals surface area contributed by atoms with Crippen LogP contribution in [0.25, 0.3) is 0 Å². The second-order valence-corrected chi connectivity index (χ2v) is 10.7. The molecular weight excluding hydrogens is 435 g/mol. The van der Waals surface area contributed by atoms with Gasteiger partial charge in [-0.25, -0.2) is 9.18 Å². The number of nitrogens with zero attached hydrogens (tertiary/aromatic N) is 1. The summed E-state index contributed by atoms with van der Waals surface area (Å²) in [4.78, 5) is 28.0. The average molecular weight is 471 g/mol.